The Morgan fingerprint density at radius 3 is 2.13 bits per heavy atom. The highest BCUT2D eigenvalue weighted by Crippen LogP contribution is 2.46. The lowest BCUT2D eigenvalue weighted by Crippen LogP contribution is -2.53. The van der Waals surface area contributed by atoms with Crippen molar-refractivity contribution in [2.45, 2.75) is 6.92 Å². The van der Waals surface area contributed by atoms with Crippen molar-refractivity contribution in [2.75, 3.05) is 20.4 Å². The molecule has 0 saturated carbocycles. The summed E-state index contributed by atoms with van der Waals surface area (Å²) >= 11 is 0. The van der Waals surface area contributed by atoms with Gasteiger partial charge in [0.1, 0.15) is 0 Å². The number of allylic oxidation sites excluding steroid dienone is 2. The molecule has 2 N–H and O–H groups in total. The Bertz CT molecular complexity index is 720. The number of carboxylic acid groups (broad SMARTS) is 2. The fourth-order valence-corrected chi connectivity index (χ4v) is 3.07. The van der Waals surface area contributed by atoms with E-state index in [2.05, 4.69) is 4.74 Å². The Labute approximate surface area is 132 Å². The Balaban J connectivity index is 3.81. The number of aliphatic carboxylic acids is 2. The first kappa shape index (κ1) is 18.7. The summed E-state index contributed by atoms with van der Waals surface area (Å²) in [6, 6.07) is 0. The summed E-state index contributed by atoms with van der Waals surface area (Å²) in [6.07, 6.45) is 2.91. The van der Waals surface area contributed by atoms with Gasteiger partial charge in [-0.05, 0) is 12.2 Å². The molecule has 0 aromatic heterocycles. The predicted molar refractivity (Wildman–Crippen MR) is 77.7 cm³/mol. The van der Waals surface area contributed by atoms with Gasteiger partial charge in [-0.1, -0.05) is 6.92 Å². The molecule has 9 nitrogen and oxygen atoms in total. The molecule has 2 unspecified atom stereocenters. The molecule has 0 spiro atoms. The summed E-state index contributed by atoms with van der Waals surface area (Å²) < 4.78 is 28.7. The van der Waals surface area contributed by atoms with Crippen LogP contribution in [0.15, 0.2) is 23.4 Å². The fraction of sp³-hybridized carbons (Fsp3) is 0.462. The highest BCUT2D eigenvalue weighted by Gasteiger charge is 2.60. The number of esters is 1. The average molecular weight is 347 g/mol. The van der Waals surface area contributed by atoms with Crippen LogP contribution in [0.25, 0.3) is 0 Å². The second kappa shape index (κ2) is 6.03. The lowest BCUT2D eigenvalue weighted by atomic mass is 9.67. The molecule has 1 aliphatic rings. The minimum Gasteiger partial charge on any atom is -0.480 e. The molecule has 2 atom stereocenters. The Morgan fingerprint density at radius 2 is 1.78 bits per heavy atom. The molecule has 1 rings (SSSR count). The number of hydrogen-bond acceptors (Lipinski definition) is 6. The second-order valence-corrected chi connectivity index (χ2v) is 7.05. The molecule has 0 fully saturated rings. The topological polar surface area (TPSA) is 138 Å². The van der Waals surface area contributed by atoms with E-state index in [1.165, 1.54) is 6.92 Å². The molecule has 128 valence electrons. The van der Waals surface area contributed by atoms with E-state index in [9.17, 15) is 33.0 Å². The highest BCUT2D eigenvalue weighted by atomic mass is 32.2. The molecule has 0 bridgehead atoms. The number of carbonyl (C=O) groups excluding carboxylic acids is 1. The van der Waals surface area contributed by atoms with E-state index in [1.54, 1.807) is 0 Å². The van der Waals surface area contributed by atoms with Crippen LogP contribution in [0.1, 0.15) is 6.92 Å². The van der Waals surface area contributed by atoms with Crippen molar-refractivity contribution in [3.63, 3.8) is 0 Å². The third-order valence-corrected chi connectivity index (χ3v) is 5.06. The summed E-state index contributed by atoms with van der Waals surface area (Å²) in [4.78, 5) is 35.5. The summed E-state index contributed by atoms with van der Waals surface area (Å²) in [5.74, 6) is -5.73. The highest BCUT2D eigenvalue weighted by molar-refractivity contribution is 7.88. The number of carbonyl (C=O) groups is 3. The van der Waals surface area contributed by atoms with Crippen LogP contribution in [0.2, 0.25) is 0 Å². The Hall–Kier alpha value is -2.36. The van der Waals surface area contributed by atoms with Crippen LogP contribution >= 0.6 is 0 Å². The molecule has 10 heteroatoms. The normalized spacial score (nSPS) is 24.3. The van der Waals surface area contributed by atoms with E-state index < -0.39 is 45.0 Å². The van der Waals surface area contributed by atoms with Gasteiger partial charge in [0.2, 0.25) is 15.4 Å². The number of nitrogens with zero attached hydrogens (tertiary/aromatic N) is 1. The molecule has 23 heavy (non-hydrogen) atoms. The zero-order valence-electron chi connectivity index (χ0n) is 12.9. The number of sulfonamides is 1. The maximum Gasteiger partial charge on any atom is 0.331 e. The maximum absolute atomic E-state index is 12.3. The van der Waals surface area contributed by atoms with Gasteiger partial charge in [-0.3, -0.25) is 13.9 Å². The maximum atomic E-state index is 12.3. The van der Waals surface area contributed by atoms with Crippen LogP contribution in [0.4, 0.5) is 0 Å². The standard InChI is InChI=1S/C13H17NO8S/c1-7-8(10(15)16)5-6-9(14(2)23(4,20)21)13(7,11(17)18)12(19)22-3/h5-7H,1-4H3,(H,15,16)(H,17,18). The predicted octanol–water partition coefficient (Wildman–Crippen LogP) is -0.334. The van der Waals surface area contributed by atoms with Gasteiger partial charge < -0.3 is 14.9 Å². The fourth-order valence-electron chi connectivity index (χ4n) is 2.51. The van der Waals surface area contributed by atoms with Crippen LogP contribution < -0.4 is 0 Å². The first-order valence-electron chi connectivity index (χ1n) is 6.33. The summed E-state index contributed by atoms with van der Waals surface area (Å²) in [5, 5.41) is 18.8. The molecule has 0 aromatic carbocycles. The van der Waals surface area contributed by atoms with Crippen molar-refractivity contribution in [3.8, 4) is 0 Å². The smallest absolute Gasteiger partial charge is 0.331 e. The first-order valence-corrected chi connectivity index (χ1v) is 8.18. The summed E-state index contributed by atoms with van der Waals surface area (Å²) in [5.41, 5.74) is -3.23. The van der Waals surface area contributed by atoms with E-state index >= 15 is 0 Å². The monoisotopic (exact) mass is 347 g/mol. The molecule has 0 heterocycles. The molecule has 0 aromatic rings. The third-order valence-electron chi connectivity index (χ3n) is 3.87. The van der Waals surface area contributed by atoms with Crippen LogP contribution in [-0.4, -0.2) is 61.3 Å². The Kier molecular flexibility index (Phi) is 4.90. The van der Waals surface area contributed by atoms with Crippen molar-refractivity contribution in [2.24, 2.45) is 11.3 Å². The molecule has 0 amide bonds. The number of ether oxygens (including phenoxy) is 1. The minimum absolute atomic E-state index is 0.344. The largest absolute Gasteiger partial charge is 0.480 e. The van der Waals surface area contributed by atoms with Gasteiger partial charge in [-0.25, -0.2) is 13.2 Å². The van der Waals surface area contributed by atoms with Crippen molar-refractivity contribution in [1.82, 2.24) is 4.31 Å². The molecule has 0 radical (unpaired) electrons. The van der Waals surface area contributed by atoms with E-state index in [0.717, 1.165) is 32.6 Å². The van der Waals surface area contributed by atoms with Gasteiger partial charge in [0.05, 0.1) is 19.1 Å². The van der Waals surface area contributed by atoms with Crippen molar-refractivity contribution in [1.29, 1.82) is 0 Å². The van der Waals surface area contributed by atoms with Crippen molar-refractivity contribution >= 4 is 27.9 Å². The quantitative estimate of drug-likeness (QED) is 0.509. The zero-order valence-corrected chi connectivity index (χ0v) is 13.7. The zero-order chi connectivity index (χ0) is 18.2. The minimum atomic E-state index is -3.89. The van der Waals surface area contributed by atoms with E-state index in [-0.39, 0.29) is 5.57 Å². The average Bonchev–Trinajstić information content (AvgIpc) is 2.43. The van der Waals surface area contributed by atoms with Gasteiger partial charge in [0.15, 0.2) is 0 Å². The number of methoxy groups -OCH3 is 1. The van der Waals surface area contributed by atoms with Gasteiger partial charge in [0, 0.05) is 18.5 Å². The Morgan fingerprint density at radius 1 is 1.26 bits per heavy atom. The number of rotatable bonds is 5. The summed E-state index contributed by atoms with van der Waals surface area (Å²) in [7, 11) is -1.87. The molecule has 0 aliphatic heterocycles. The summed E-state index contributed by atoms with van der Waals surface area (Å²) in [6.45, 7) is 1.22. The lowest BCUT2D eigenvalue weighted by molar-refractivity contribution is -0.167. The van der Waals surface area contributed by atoms with Crippen molar-refractivity contribution in [3.05, 3.63) is 23.4 Å². The molecular weight excluding hydrogens is 330 g/mol. The van der Waals surface area contributed by atoms with Crippen LogP contribution in [-0.2, 0) is 29.1 Å². The SMILES string of the molecule is COC(=O)C1(C(=O)O)C(N(C)S(C)(=O)=O)=CC=C(C(=O)O)C1C. The van der Waals surface area contributed by atoms with E-state index in [4.69, 9.17) is 0 Å². The van der Waals surface area contributed by atoms with Gasteiger partial charge >= 0.3 is 17.9 Å². The van der Waals surface area contributed by atoms with Gasteiger partial charge in [-0.15, -0.1) is 0 Å². The van der Waals surface area contributed by atoms with E-state index in [0.29, 0.717) is 4.31 Å². The lowest BCUT2D eigenvalue weighted by Gasteiger charge is -2.40. The second-order valence-electron chi connectivity index (χ2n) is 5.04. The number of hydrogen-bond donors (Lipinski definition) is 2. The molecule has 0 saturated heterocycles. The van der Waals surface area contributed by atoms with Crippen LogP contribution in [0.5, 0.6) is 0 Å². The van der Waals surface area contributed by atoms with Gasteiger partial charge in [-0.2, -0.15) is 0 Å². The van der Waals surface area contributed by atoms with Crippen molar-refractivity contribution < 1.29 is 37.8 Å². The van der Waals surface area contributed by atoms with Crippen LogP contribution in [0, 0.1) is 11.3 Å². The number of carboxylic acids is 2. The van der Waals surface area contributed by atoms with Gasteiger partial charge in [0.25, 0.3) is 0 Å². The van der Waals surface area contributed by atoms with Crippen LogP contribution in [0.3, 0.4) is 0 Å². The molecular formula is C13H17NO8S. The molecule has 1 aliphatic carbocycles. The third kappa shape index (κ3) is 2.81. The van der Waals surface area contributed by atoms with E-state index in [1.807, 2.05) is 0 Å². The first-order chi connectivity index (χ1) is 10.4.